The fourth-order valence-electron chi connectivity index (χ4n) is 2.43. The van der Waals surface area contributed by atoms with Crippen molar-refractivity contribution < 1.29 is 14.4 Å². The number of carbonyl (C=O) groups excluding carboxylic acids is 3. The summed E-state index contributed by atoms with van der Waals surface area (Å²) in [6.07, 6.45) is 5.86. The van der Waals surface area contributed by atoms with Gasteiger partial charge in [-0.05, 0) is 18.9 Å². The number of imide groups is 1. The van der Waals surface area contributed by atoms with E-state index < -0.39 is 11.9 Å². The molecule has 0 aromatic rings. The lowest BCUT2D eigenvalue weighted by Gasteiger charge is -2.29. The van der Waals surface area contributed by atoms with Crippen LogP contribution in [-0.4, -0.2) is 35.2 Å². The first-order chi connectivity index (χ1) is 11.1. The van der Waals surface area contributed by atoms with Crippen molar-refractivity contribution in [3.05, 3.63) is 36.0 Å². The quantitative estimate of drug-likeness (QED) is 0.813. The van der Waals surface area contributed by atoms with Gasteiger partial charge in [0, 0.05) is 18.5 Å². The topological polar surface area (TPSA) is 66.5 Å². The fourth-order valence-corrected chi connectivity index (χ4v) is 2.43. The highest BCUT2D eigenvalue weighted by molar-refractivity contribution is 6.06. The Hall–Kier alpha value is -2.17. The van der Waals surface area contributed by atoms with E-state index >= 15 is 0 Å². The number of hydrogen-bond donors (Lipinski definition) is 1. The molecule has 0 spiro atoms. The molecule has 2 aliphatic heterocycles. The largest absolute Gasteiger partial charge is 0.322 e. The van der Waals surface area contributed by atoms with Crippen LogP contribution in [0.1, 0.15) is 47.5 Å². The predicted octanol–water partition coefficient (Wildman–Crippen LogP) is 2.74. The molecule has 1 atom stereocenters. The van der Waals surface area contributed by atoms with Gasteiger partial charge in [0.15, 0.2) is 0 Å². The van der Waals surface area contributed by atoms with E-state index in [1.165, 1.54) is 11.0 Å². The van der Waals surface area contributed by atoms with Crippen molar-refractivity contribution in [2.45, 2.75) is 53.5 Å². The first-order valence-electron chi connectivity index (χ1n) is 8.21. The van der Waals surface area contributed by atoms with Crippen molar-refractivity contribution in [1.29, 1.82) is 0 Å². The van der Waals surface area contributed by atoms with Gasteiger partial charge in [-0.2, -0.15) is 0 Å². The predicted molar refractivity (Wildman–Crippen MR) is 92.6 cm³/mol. The Morgan fingerprint density at radius 1 is 1.17 bits per heavy atom. The van der Waals surface area contributed by atoms with Crippen LogP contribution in [0, 0.1) is 0 Å². The van der Waals surface area contributed by atoms with Crippen LogP contribution in [-0.2, 0) is 14.4 Å². The molecule has 128 valence electrons. The number of carbonyl (C=O) groups is 3. The standard InChI is InChI=1S/C14H16N2O3.2C2H6/c1-3-5-9-8-16(14(19)10(9)4-2)11-6-7-12(17)15-13(11)18;2*1-2/h3-5,11H,2,6-8H2,1H3,(H,15,17,18);2*1-2H3/b5-3-;;. The average Bonchev–Trinajstić information content (AvgIpc) is 2.87. The third-order valence-electron chi connectivity index (χ3n) is 3.34. The molecule has 3 amide bonds. The van der Waals surface area contributed by atoms with E-state index in [-0.39, 0.29) is 18.2 Å². The zero-order valence-electron chi connectivity index (χ0n) is 14.8. The number of nitrogens with one attached hydrogen (secondary N) is 1. The molecule has 0 bridgehead atoms. The van der Waals surface area contributed by atoms with Crippen molar-refractivity contribution in [3.8, 4) is 0 Å². The normalized spacial score (nSPS) is 20.7. The number of hydrogen-bond acceptors (Lipinski definition) is 3. The molecule has 1 fully saturated rings. The molecule has 5 heteroatoms. The number of allylic oxidation sites excluding steroid dienone is 1. The third-order valence-corrected chi connectivity index (χ3v) is 3.34. The Labute approximate surface area is 139 Å². The molecular formula is C18H28N2O3. The molecule has 1 N–H and O–H groups in total. The Kier molecular flexibility index (Phi) is 9.54. The van der Waals surface area contributed by atoms with Crippen LogP contribution in [0.4, 0.5) is 0 Å². The van der Waals surface area contributed by atoms with Crippen LogP contribution >= 0.6 is 0 Å². The zero-order valence-corrected chi connectivity index (χ0v) is 14.8. The SMILES string of the molecule is C=CC1=C(/C=C\C)CN(C2CCC(=O)NC2=O)C1=O.CC.CC. The van der Waals surface area contributed by atoms with Gasteiger partial charge in [0.1, 0.15) is 6.04 Å². The summed E-state index contributed by atoms with van der Waals surface area (Å²) in [5.74, 6) is -0.870. The maximum absolute atomic E-state index is 12.2. The van der Waals surface area contributed by atoms with Gasteiger partial charge < -0.3 is 4.90 Å². The number of nitrogens with zero attached hydrogens (tertiary/aromatic N) is 1. The molecule has 2 heterocycles. The molecule has 2 aliphatic rings. The second-order valence-corrected chi connectivity index (χ2v) is 4.54. The molecule has 0 radical (unpaired) electrons. The number of amides is 3. The van der Waals surface area contributed by atoms with Crippen LogP contribution in [0.15, 0.2) is 36.0 Å². The van der Waals surface area contributed by atoms with Gasteiger partial charge in [-0.15, -0.1) is 0 Å². The second-order valence-electron chi connectivity index (χ2n) is 4.54. The molecule has 0 aromatic carbocycles. The Bertz CT molecular complexity index is 518. The summed E-state index contributed by atoms with van der Waals surface area (Å²) in [7, 11) is 0. The molecule has 23 heavy (non-hydrogen) atoms. The van der Waals surface area contributed by atoms with Crippen molar-refractivity contribution in [2.24, 2.45) is 0 Å². The van der Waals surface area contributed by atoms with Gasteiger partial charge in [0.2, 0.25) is 11.8 Å². The van der Waals surface area contributed by atoms with Crippen LogP contribution in [0.3, 0.4) is 0 Å². The lowest BCUT2D eigenvalue weighted by atomic mass is 10.0. The maximum atomic E-state index is 12.2. The Balaban J connectivity index is 0.00000112. The summed E-state index contributed by atoms with van der Waals surface area (Å²) < 4.78 is 0. The Morgan fingerprint density at radius 2 is 1.78 bits per heavy atom. The summed E-state index contributed by atoms with van der Waals surface area (Å²) in [6.45, 7) is 13.9. The summed E-state index contributed by atoms with van der Waals surface area (Å²) >= 11 is 0. The van der Waals surface area contributed by atoms with Gasteiger partial charge in [-0.3, -0.25) is 19.7 Å². The van der Waals surface area contributed by atoms with Gasteiger partial charge >= 0.3 is 0 Å². The molecule has 0 saturated carbocycles. The molecule has 5 nitrogen and oxygen atoms in total. The van der Waals surface area contributed by atoms with E-state index in [9.17, 15) is 14.4 Å². The summed E-state index contributed by atoms with van der Waals surface area (Å²) in [4.78, 5) is 36.7. The van der Waals surface area contributed by atoms with Gasteiger partial charge in [0.25, 0.3) is 5.91 Å². The highest BCUT2D eigenvalue weighted by Crippen LogP contribution is 2.25. The van der Waals surface area contributed by atoms with Gasteiger partial charge in [0.05, 0.1) is 0 Å². The third kappa shape index (κ3) is 4.91. The molecule has 1 unspecified atom stereocenters. The van der Waals surface area contributed by atoms with Crippen molar-refractivity contribution in [3.63, 3.8) is 0 Å². The summed E-state index contributed by atoms with van der Waals surface area (Å²) in [6, 6.07) is -0.567. The molecule has 0 aromatic heterocycles. The highest BCUT2D eigenvalue weighted by Gasteiger charge is 2.38. The fraction of sp³-hybridized carbons (Fsp3) is 0.500. The smallest absolute Gasteiger partial charge is 0.255 e. The van der Waals surface area contributed by atoms with E-state index in [1.807, 2.05) is 46.8 Å². The summed E-state index contributed by atoms with van der Waals surface area (Å²) in [5.41, 5.74) is 1.38. The Morgan fingerprint density at radius 3 is 2.26 bits per heavy atom. The first-order valence-corrected chi connectivity index (χ1v) is 8.21. The lowest BCUT2D eigenvalue weighted by molar-refractivity contribution is -0.142. The monoisotopic (exact) mass is 320 g/mol. The lowest BCUT2D eigenvalue weighted by Crippen LogP contribution is -2.53. The van der Waals surface area contributed by atoms with Crippen LogP contribution < -0.4 is 5.32 Å². The highest BCUT2D eigenvalue weighted by atomic mass is 16.2. The van der Waals surface area contributed by atoms with Gasteiger partial charge in [-0.25, -0.2) is 0 Å². The van der Waals surface area contributed by atoms with Crippen molar-refractivity contribution >= 4 is 17.7 Å². The second kappa shape index (κ2) is 10.5. The average molecular weight is 320 g/mol. The maximum Gasteiger partial charge on any atom is 0.255 e. The van der Waals surface area contributed by atoms with Gasteiger partial charge in [-0.1, -0.05) is 52.5 Å². The molecular weight excluding hydrogens is 292 g/mol. The van der Waals surface area contributed by atoms with Crippen molar-refractivity contribution in [1.82, 2.24) is 10.2 Å². The number of piperidine rings is 1. The van der Waals surface area contributed by atoms with Crippen LogP contribution in [0.5, 0.6) is 0 Å². The van der Waals surface area contributed by atoms with E-state index in [1.54, 1.807) is 0 Å². The molecule has 2 rings (SSSR count). The molecule has 1 saturated heterocycles. The zero-order chi connectivity index (χ0) is 18.0. The minimum absolute atomic E-state index is 0.197. The van der Waals surface area contributed by atoms with Crippen LogP contribution in [0.2, 0.25) is 0 Å². The molecule has 0 aliphatic carbocycles. The van der Waals surface area contributed by atoms with Crippen molar-refractivity contribution in [2.75, 3.05) is 6.54 Å². The van der Waals surface area contributed by atoms with E-state index in [2.05, 4.69) is 11.9 Å². The van der Waals surface area contributed by atoms with Crippen LogP contribution in [0.25, 0.3) is 0 Å². The minimum atomic E-state index is -0.567. The first kappa shape index (κ1) is 20.8. The summed E-state index contributed by atoms with van der Waals surface area (Å²) in [5, 5.41) is 2.27. The number of rotatable bonds is 3. The van der Waals surface area contributed by atoms with E-state index in [0.717, 1.165) is 5.57 Å². The minimum Gasteiger partial charge on any atom is -0.322 e. The van der Waals surface area contributed by atoms with E-state index in [0.29, 0.717) is 18.5 Å². The van der Waals surface area contributed by atoms with E-state index in [4.69, 9.17) is 0 Å².